The van der Waals surface area contributed by atoms with Crippen LogP contribution in [0.15, 0.2) is 12.1 Å². The van der Waals surface area contributed by atoms with Crippen LogP contribution in [0.5, 0.6) is 11.5 Å². The van der Waals surface area contributed by atoms with E-state index >= 15 is 0 Å². The van der Waals surface area contributed by atoms with Gasteiger partial charge < -0.3 is 19.7 Å². The van der Waals surface area contributed by atoms with Gasteiger partial charge in [0.2, 0.25) is 0 Å². The fourth-order valence-electron chi connectivity index (χ4n) is 3.42. The van der Waals surface area contributed by atoms with Crippen molar-refractivity contribution in [1.29, 1.82) is 0 Å². The van der Waals surface area contributed by atoms with Gasteiger partial charge in [0.25, 0.3) is 0 Å². The molecule has 3 rings (SSSR count). The third-order valence-corrected chi connectivity index (χ3v) is 8.02. The van der Waals surface area contributed by atoms with Crippen LogP contribution < -0.4 is 9.47 Å². The quantitative estimate of drug-likeness (QED) is 0.880. The zero-order valence-corrected chi connectivity index (χ0v) is 14.7. The van der Waals surface area contributed by atoms with Crippen molar-refractivity contribution in [3.05, 3.63) is 23.3 Å². The Bertz CT molecular complexity index is 570. The number of aliphatic hydroxyl groups is 2. The predicted molar refractivity (Wildman–Crippen MR) is 91.1 cm³/mol. The number of aliphatic hydroxyl groups excluding tert-OH is 1. The molecule has 1 aliphatic carbocycles. The first-order chi connectivity index (χ1) is 10.5. The average molecular weight is 342 g/mol. The Morgan fingerprint density at radius 1 is 1.14 bits per heavy atom. The predicted octanol–water partition coefficient (Wildman–Crippen LogP) is 2.39. The smallest absolute Gasteiger partial charge is 0.124 e. The van der Waals surface area contributed by atoms with Gasteiger partial charge in [0.05, 0.1) is 30.0 Å². The van der Waals surface area contributed by atoms with Crippen molar-refractivity contribution in [1.82, 2.24) is 0 Å². The van der Waals surface area contributed by atoms with Gasteiger partial charge in [-0.05, 0) is 19.1 Å². The third kappa shape index (κ3) is 2.40. The molecule has 0 bridgehead atoms. The number of benzene rings is 1. The highest BCUT2D eigenvalue weighted by Gasteiger charge is 2.53. The summed E-state index contributed by atoms with van der Waals surface area (Å²) in [7, 11) is 3.31. The minimum absolute atomic E-state index is 0.279. The van der Waals surface area contributed by atoms with Crippen molar-refractivity contribution in [3.63, 3.8) is 0 Å². The highest BCUT2D eigenvalue weighted by Crippen LogP contribution is 2.63. The second-order valence-electron chi connectivity index (χ2n) is 5.91. The fraction of sp³-hybridized carbons (Fsp3) is 0.625. The van der Waals surface area contributed by atoms with Crippen molar-refractivity contribution in [3.8, 4) is 11.5 Å². The second kappa shape index (κ2) is 5.82. The largest absolute Gasteiger partial charge is 0.496 e. The van der Waals surface area contributed by atoms with Gasteiger partial charge in [0.1, 0.15) is 11.5 Å². The monoisotopic (exact) mass is 342 g/mol. The summed E-state index contributed by atoms with van der Waals surface area (Å²) in [5.41, 5.74) is 0.933. The lowest BCUT2D eigenvalue weighted by Crippen LogP contribution is -2.50. The van der Waals surface area contributed by atoms with Crippen LogP contribution in [0.25, 0.3) is 0 Å². The Morgan fingerprint density at radius 3 is 2.27 bits per heavy atom. The van der Waals surface area contributed by atoms with Gasteiger partial charge in [0.15, 0.2) is 0 Å². The molecule has 1 aromatic carbocycles. The van der Waals surface area contributed by atoms with E-state index in [2.05, 4.69) is 0 Å². The normalized spacial score (nSPS) is 27.5. The third-order valence-electron chi connectivity index (χ3n) is 4.61. The summed E-state index contributed by atoms with van der Waals surface area (Å²) < 4.78 is 10.8. The molecule has 2 N–H and O–H groups in total. The van der Waals surface area contributed by atoms with E-state index in [1.54, 1.807) is 21.1 Å². The number of ether oxygens (including phenoxy) is 2. The molecule has 6 heteroatoms. The lowest BCUT2D eigenvalue weighted by molar-refractivity contribution is -0.0773. The van der Waals surface area contributed by atoms with Crippen molar-refractivity contribution in [2.24, 2.45) is 0 Å². The molecule has 2 aliphatic rings. The van der Waals surface area contributed by atoms with Gasteiger partial charge in [0, 0.05) is 35.5 Å². The van der Waals surface area contributed by atoms with Crippen LogP contribution in [-0.2, 0) is 10.5 Å². The van der Waals surface area contributed by atoms with Gasteiger partial charge in [-0.15, -0.1) is 23.5 Å². The summed E-state index contributed by atoms with van der Waals surface area (Å²) in [6.07, 6.45) is 0.0995. The maximum Gasteiger partial charge on any atom is 0.124 e. The minimum atomic E-state index is -1.14. The van der Waals surface area contributed by atoms with Crippen molar-refractivity contribution in [2.45, 2.75) is 35.5 Å². The highest BCUT2D eigenvalue weighted by atomic mass is 32.2. The number of fused-ring (bicyclic) bond motifs is 2. The highest BCUT2D eigenvalue weighted by molar-refractivity contribution is 8.20. The molecule has 122 valence electrons. The zero-order valence-electron chi connectivity index (χ0n) is 13.1. The SMILES string of the molecule is COc1ccc(OC)c2c1C[C@@](O)(C(C)O)CC21SCCS1. The standard InChI is InChI=1S/C16H22O4S2/c1-10(17)15(18)8-11-12(19-2)4-5-13(20-3)14(11)16(9-15)21-6-7-22-16/h4-5,10,17-18H,6-9H2,1-3H3/t10?,15-/m0/s1. The maximum atomic E-state index is 11.0. The van der Waals surface area contributed by atoms with Crippen molar-refractivity contribution in [2.75, 3.05) is 25.7 Å². The molecule has 1 spiro atoms. The first-order valence-electron chi connectivity index (χ1n) is 7.38. The van der Waals surface area contributed by atoms with E-state index in [0.29, 0.717) is 12.8 Å². The second-order valence-corrected chi connectivity index (χ2v) is 8.95. The van der Waals surface area contributed by atoms with E-state index in [-0.39, 0.29) is 4.08 Å². The summed E-state index contributed by atoms with van der Waals surface area (Å²) in [4.78, 5) is 0. The molecule has 0 radical (unpaired) electrons. The van der Waals surface area contributed by atoms with Crippen molar-refractivity contribution < 1.29 is 19.7 Å². The van der Waals surface area contributed by atoms with E-state index in [9.17, 15) is 10.2 Å². The Morgan fingerprint density at radius 2 is 1.73 bits per heavy atom. The molecule has 22 heavy (non-hydrogen) atoms. The Kier molecular flexibility index (Phi) is 4.31. The first kappa shape index (κ1) is 16.3. The van der Waals surface area contributed by atoms with E-state index in [1.165, 1.54) is 0 Å². The number of hydrogen-bond donors (Lipinski definition) is 2. The number of thioether (sulfide) groups is 2. The van der Waals surface area contributed by atoms with E-state index in [1.807, 2.05) is 35.7 Å². The maximum absolute atomic E-state index is 11.0. The van der Waals surface area contributed by atoms with Crippen LogP contribution >= 0.6 is 23.5 Å². The molecule has 0 saturated carbocycles. The average Bonchev–Trinajstić information content (AvgIpc) is 2.94. The van der Waals surface area contributed by atoms with Gasteiger partial charge in [-0.2, -0.15) is 0 Å². The molecule has 2 atom stereocenters. The van der Waals surface area contributed by atoms with Crippen molar-refractivity contribution >= 4 is 23.5 Å². The number of hydrogen-bond acceptors (Lipinski definition) is 6. The Hall–Kier alpha value is -0.560. The van der Waals surface area contributed by atoms with Gasteiger partial charge in [-0.25, -0.2) is 0 Å². The zero-order chi connectivity index (χ0) is 16.0. The van der Waals surface area contributed by atoms with Crippen LogP contribution in [0, 0.1) is 0 Å². The lowest BCUT2D eigenvalue weighted by Gasteiger charge is -2.45. The molecule has 1 heterocycles. The Balaban J connectivity index is 2.23. The van der Waals surface area contributed by atoms with E-state index in [0.717, 1.165) is 34.1 Å². The molecule has 1 aromatic rings. The van der Waals surface area contributed by atoms with Crippen LogP contribution in [-0.4, -0.2) is 47.6 Å². The van der Waals surface area contributed by atoms with Gasteiger partial charge in [-0.3, -0.25) is 0 Å². The summed E-state index contributed by atoms with van der Waals surface area (Å²) in [6, 6.07) is 3.81. The lowest BCUT2D eigenvalue weighted by atomic mass is 9.76. The molecule has 1 saturated heterocycles. The summed E-state index contributed by atoms with van der Waals surface area (Å²) in [5.74, 6) is 3.65. The molecule has 1 fully saturated rings. The van der Waals surface area contributed by atoms with Crippen LogP contribution in [0.1, 0.15) is 24.5 Å². The molecule has 1 aliphatic heterocycles. The van der Waals surface area contributed by atoms with Crippen LogP contribution in [0.2, 0.25) is 0 Å². The summed E-state index contributed by atoms with van der Waals surface area (Å²) in [6.45, 7) is 1.66. The molecule has 0 amide bonds. The molecule has 0 aromatic heterocycles. The Labute approximate surface area is 139 Å². The number of rotatable bonds is 3. The summed E-state index contributed by atoms with van der Waals surface area (Å²) >= 11 is 3.67. The topological polar surface area (TPSA) is 58.9 Å². The van der Waals surface area contributed by atoms with Gasteiger partial charge in [-0.1, -0.05) is 0 Å². The fourth-order valence-corrected chi connectivity index (χ4v) is 7.02. The van der Waals surface area contributed by atoms with E-state index < -0.39 is 11.7 Å². The minimum Gasteiger partial charge on any atom is -0.496 e. The number of methoxy groups -OCH3 is 2. The van der Waals surface area contributed by atoms with Crippen LogP contribution in [0.3, 0.4) is 0 Å². The van der Waals surface area contributed by atoms with Crippen LogP contribution in [0.4, 0.5) is 0 Å². The molecule has 1 unspecified atom stereocenters. The molecular formula is C16H22O4S2. The summed E-state index contributed by atoms with van der Waals surface area (Å²) in [5, 5.41) is 21.2. The van der Waals surface area contributed by atoms with E-state index in [4.69, 9.17) is 9.47 Å². The first-order valence-corrected chi connectivity index (χ1v) is 9.35. The van der Waals surface area contributed by atoms with Gasteiger partial charge >= 0.3 is 0 Å². The molecular weight excluding hydrogens is 320 g/mol. The molecule has 4 nitrogen and oxygen atoms in total.